The average Bonchev–Trinajstić information content (AvgIpc) is 3.03. The van der Waals surface area contributed by atoms with Crippen molar-refractivity contribution in [1.82, 2.24) is 25.1 Å². The summed E-state index contributed by atoms with van der Waals surface area (Å²) in [6.07, 6.45) is 11.2. The summed E-state index contributed by atoms with van der Waals surface area (Å²) in [5.41, 5.74) is 0.943. The summed E-state index contributed by atoms with van der Waals surface area (Å²) in [6.45, 7) is 0.420. The minimum Gasteiger partial charge on any atom is -0.334 e. The van der Waals surface area contributed by atoms with Gasteiger partial charge in [0.1, 0.15) is 6.33 Å². The highest BCUT2D eigenvalue weighted by Gasteiger charge is 2.17. The van der Waals surface area contributed by atoms with E-state index in [0.717, 1.165) is 18.4 Å². The van der Waals surface area contributed by atoms with Crippen molar-refractivity contribution in [2.75, 3.05) is 5.32 Å². The molecule has 1 fully saturated rings. The lowest BCUT2D eigenvalue weighted by Crippen LogP contribution is -2.28. The fourth-order valence-electron chi connectivity index (χ4n) is 2.68. The van der Waals surface area contributed by atoms with E-state index in [4.69, 9.17) is 0 Å². The van der Waals surface area contributed by atoms with Gasteiger partial charge in [-0.25, -0.2) is 14.5 Å². The molecule has 0 saturated heterocycles. The number of nitrogens with one attached hydrogen (secondary N) is 2. The Labute approximate surface area is 129 Å². The van der Waals surface area contributed by atoms with Gasteiger partial charge >= 0.3 is 6.03 Å². The highest BCUT2D eigenvalue weighted by atomic mass is 16.2. The Morgan fingerprint density at radius 1 is 1.32 bits per heavy atom. The lowest BCUT2D eigenvalue weighted by Gasteiger charge is -2.21. The molecule has 3 rings (SSSR count). The van der Waals surface area contributed by atoms with Crippen molar-refractivity contribution >= 4 is 12.0 Å². The van der Waals surface area contributed by atoms with E-state index in [1.54, 1.807) is 18.7 Å². The normalized spacial score (nSPS) is 15.5. The van der Waals surface area contributed by atoms with Gasteiger partial charge in [0.25, 0.3) is 0 Å². The van der Waals surface area contributed by atoms with Crippen LogP contribution >= 0.6 is 0 Å². The molecule has 2 heterocycles. The first kappa shape index (κ1) is 14.5. The van der Waals surface area contributed by atoms with Gasteiger partial charge in [0.05, 0.1) is 6.04 Å². The number of anilines is 1. The molecule has 0 atom stereocenters. The van der Waals surface area contributed by atoms with Crippen LogP contribution in [0.5, 0.6) is 0 Å². The number of urea groups is 1. The molecule has 0 bridgehead atoms. The van der Waals surface area contributed by atoms with E-state index in [0.29, 0.717) is 18.5 Å². The zero-order chi connectivity index (χ0) is 15.2. The van der Waals surface area contributed by atoms with Gasteiger partial charge in [0.2, 0.25) is 5.95 Å². The van der Waals surface area contributed by atoms with Crippen LogP contribution < -0.4 is 10.6 Å². The maximum Gasteiger partial charge on any atom is 0.321 e. The SMILES string of the molecule is O=C(NCc1cccnc1)Nc1ncn(C2CCCCC2)n1. The summed E-state index contributed by atoms with van der Waals surface area (Å²) in [5, 5.41) is 9.77. The summed E-state index contributed by atoms with van der Waals surface area (Å²) in [5.74, 6) is 0.342. The van der Waals surface area contributed by atoms with E-state index in [1.165, 1.54) is 19.3 Å². The van der Waals surface area contributed by atoms with Crippen LogP contribution in [0.3, 0.4) is 0 Å². The molecular formula is C15H20N6O. The summed E-state index contributed by atoms with van der Waals surface area (Å²) in [7, 11) is 0. The summed E-state index contributed by atoms with van der Waals surface area (Å²) in [6, 6.07) is 3.84. The zero-order valence-electron chi connectivity index (χ0n) is 12.4. The first-order valence-corrected chi connectivity index (χ1v) is 7.66. The lowest BCUT2D eigenvalue weighted by molar-refractivity contribution is 0.251. The van der Waals surface area contributed by atoms with Crippen LogP contribution in [0.15, 0.2) is 30.9 Å². The molecule has 2 N–H and O–H groups in total. The molecule has 2 aromatic rings. The maximum absolute atomic E-state index is 11.8. The molecule has 1 aliphatic rings. The predicted molar refractivity (Wildman–Crippen MR) is 82.2 cm³/mol. The molecule has 22 heavy (non-hydrogen) atoms. The van der Waals surface area contributed by atoms with E-state index in [1.807, 2.05) is 16.8 Å². The number of pyridine rings is 1. The Kier molecular flexibility index (Phi) is 4.62. The Morgan fingerprint density at radius 3 is 2.95 bits per heavy atom. The smallest absolute Gasteiger partial charge is 0.321 e. The first-order valence-electron chi connectivity index (χ1n) is 7.66. The molecular weight excluding hydrogens is 280 g/mol. The lowest BCUT2D eigenvalue weighted by atomic mass is 9.96. The van der Waals surface area contributed by atoms with Gasteiger partial charge in [-0.2, -0.15) is 0 Å². The summed E-state index contributed by atoms with van der Waals surface area (Å²) < 4.78 is 1.87. The quantitative estimate of drug-likeness (QED) is 0.908. The largest absolute Gasteiger partial charge is 0.334 e. The van der Waals surface area contributed by atoms with Crippen LogP contribution in [0.4, 0.5) is 10.7 Å². The molecule has 0 radical (unpaired) electrons. The van der Waals surface area contributed by atoms with Crippen molar-refractivity contribution < 1.29 is 4.79 Å². The van der Waals surface area contributed by atoms with Gasteiger partial charge in [0.15, 0.2) is 0 Å². The fourth-order valence-corrected chi connectivity index (χ4v) is 2.68. The van der Waals surface area contributed by atoms with Gasteiger partial charge in [-0.05, 0) is 24.5 Å². The number of rotatable bonds is 4. The Hall–Kier alpha value is -2.44. The highest BCUT2D eigenvalue weighted by molar-refractivity contribution is 5.87. The van der Waals surface area contributed by atoms with Crippen LogP contribution in [0.1, 0.15) is 43.7 Å². The van der Waals surface area contributed by atoms with Crippen molar-refractivity contribution in [3.8, 4) is 0 Å². The molecule has 0 unspecified atom stereocenters. The van der Waals surface area contributed by atoms with E-state index in [-0.39, 0.29) is 6.03 Å². The van der Waals surface area contributed by atoms with Crippen LogP contribution in [-0.4, -0.2) is 25.8 Å². The highest BCUT2D eigenvalue weighted by Crippen LogP contribution is 2.27. The topological polar surface area (TPSA) is 84.7 Å². The van der Waals surface area contributed by atoms with Crippen LogP contribution in [0.2, 0.25) is 0 Å². The average molecular weight is 300 g/mol. The second-order valence-corrected chi connectivity index (χ2v) is 5.51. The van der Waals surface area contributed by atoms with Gasteiger partial charge in [-0.3, -0.25) is 10.3 Å². The van der Waals surface area contributed by atoms with Crippen molar-refractivity contribution in [3.63, 3.8) is 0 Å². The zero-order valence-corrected chi connectivity index (χ0v) is 12.4. The molecule has 0 aliphatic heterocycles. The van der Waals surface area contributed by atoms with E-state index in [9.17, 15) is 4.79 Å². The number of hydrogen-bond donors (Lipinski definition) is 2. The van der Waals surface area contributed by atoms with Gasteiger partial charge in [0, 0.05) is 18.9 Å². The molecule has 7 heteroatoms. The number of nitrogens with zero attached hydrogens (tertiary/aromatic N) is 4. The third kappa shape index (κ3) is 3.81. The number of amides is 2. The second-order valence-electron chi connectivity index (χ2n) is 5.51. The van der Waals surface area contributed by atoms with E-state index in [2.05, 4.69) is 25.7 Å². The molecule has 1 aliphatic carbocycles. The standard InChI is InChI=1S/C15H20N6O/c22-15(17-10-12-5-4-8-16-9-12)19-14-18-11-21(20-14)13-6-2-1-3-7-13/h4-5,8-9,11,13H,1-3,6-7,10H2,(H2,17,19,20,22). The predicted octanol–water partition coefficient (Wildman–Crippen LogP) is 2.50. The van der Waals surface area contributed by atoms with Crippen LogP contribution in [0.25, 0.3) is 0 Å². The molecule has 1 saturated carbocycles. The monoisotopic (exact) mass is 300 g/mol. The summed E-state index contributed by atoms with van der Waals surface area (Å²) >= 11 is 0. The Morgan fingerprint density at radius 2 is 2.18 bits per heavy atom. The van der Waals surface area contributed by atoms with Crippen LogP contribution in [0, 0.1) is 0 Å². The van der Waals surface area contributed by atoms with Gasteiger partial charge < -0.3 is 5.32 Å². The van der Waals surface area contributed by atoms with Crippen molar-refractivity contribution in [2.24, 2.45) is 0 Å². The van der Waals surface area contributed by atoms with Crippen LogP contribution in [-0.2, 0) is 6.54 Å². The maximum atomic E-state index is 11.8. The third-order valence-corrected chi connectivity index (χ3v) is 3.86. The Bertz CT molecular complexity index is 606. The van der Waals surface area contributed by atoms with Gasteiger partial charge in [-0.1, -0.05) is 25.3 Å². The van der Waals surface area contributed by atoms with Gasteiger partial charge in [-0.15, -0.1) is 5.10 Å². The number of hydrogen-bond acceptors (Lipinski definition) is 4. The number of aromatic nitrogens is 4. The molecule has 116 valence electrons. The molecule has 2 aromatic heterocycles. The second kappa shape index (κ2) is 7.02. The van der Waals surface area contributed by atoms with Crippen molar-refractivity contribution in [1.29, 1.82) is 0 Å². The van der Waals surface area contributed by atoms with Crippen molar-refractivity contribution in [3.05, 3.63) is 36.4 Å². The molecule has 7 nitrogen and oxygen atoms in total. The minimum absolute atomic E-state index is 0.315. The van der Waals surface area contributed by atoms with E-state index >= 15 is 0 Å². The first-order chi connectivity index (χ1) is 10.8. The van der Waals surface area contributed by atoms with Crippen molar-refractivity contribution in [2.45, 2.75) is 44.7 Å². The minimum atomic E-state index is -0.315. The van der Waals surface area contributed by atoms with E-state index < -0.39 is 0 Å². The molecule has 0 aromatic carbocycles. The number of carbonyl (C=O) groups excluding carboxylic acids is 1. The fraction of sp³-hybridized carbons (Fsp3) is 0.467. The third-order valence-electron chi connectivity index (χ3n) is 3.86. The molecule has 2 amide bonds. The molecule has 0 spiro atoms. The number of carbonyl (C=O) groups is 1. The summed E-state index contributed by atoms with van der Waals surface area (Å²) in [4.78, 5) is 20.0. The Balaban J connectivity index is 1.50.